The molecule has 0 atom stereocenters. The van der Waals surface area contributed by atoms with Gasteiger partial charge in [-0.05, 0) is 30.7 Å². The number of rotatable bonds is 3. The zero-order chi connectivity index (χ0) is 13.8. The molecule has 2 rings (SSSR count). The third kappa shape index (κ3) is 2.73. The summed E-state index contributed by atoms with van der Waals surface area (Å²) in [6.07, 6.45) is 1.68. The van der Waals surface area contributed by atoms with Gasteiger partial charge >= 0.3 is 0 Å². The molecule has 0 unspecified atom stereocenters. The molecule has 1 aromatic heterocycles. The molecule has 0 aliphatic carbocycles. The van der Waals surface area contributed by atoms with Crippen LogP contribution in [0.2, 0.25) is 0 Å². The Labute approximate surface area is 113 Å². The SMILES string of the molecule is CNc1ccc(N(C)C(=O)c2ccccc2C)cn1. The van der Waals surface area contributed by atoms with E-state index in [-0.39, 0.29) is 5.91 Å². The number of hydrogen-bond acceptors (Lipinski definition) is 3. The van der Waals surface area contributed by atoms with Crippen LogP contribution in [0.1, 0.15) is 15.9 Å². The molecular weight excluding hydrogens is 238 g/mol. The minimum absolute atomic E-state index is 0.0305. The van der Waals surface area contributed by atoms with Gasteiger partial charge in [0.1, 0.15) is 5.82 Å². The number of carbonyl (C=O) groups excluding carboxylic acids is 1. The minimum atomic E-state index is -0.0305. The fourth-order valence-corrected chi connectivity index (χ4v) is 1.84. The lowest BCUT2D eigenvalue weighted by molar-refractivity contribution is 0.0992. The van der Waals surface area contributed by atoms with Crippen LogP contribution in [0.3, 0.4) is 0 Å². The summed E-state index contributed by atoms with van der Waals surface area (Å²) in [4.78, 5) is 18.2. The third-order valence-electron chi connectivity index (χ3n) is 3.07. The first-order valence-corrected chi connectivity index (χ1v) is 6.11. The number of carbonyl (C=O) groups is 1. The Bertz CT molecular complexity index is 578. The molecular formula is C15H17N3O. The maximum absolute atomic E-state index is 12.4. The number of pyridine rings is 1. The summed E-state index contributed by atoms with van der Waals surface area (Å²) in [7, 11) is 3.56. The Morgan fingerprint density at radius 1 is 1.21 bits per heavy atom. The first-order chi connectivity index (χ1) is 9.13. The summed E-state index contributed by atoms with van der Waals surface area (Å²) < 4.78 is 0. The van der Waals surface area contributed by atoms with Gasteiger partial charge in [-0.2, -0.15) is 0 Å². The monoisotopic (exact) mass is 255 g/mol. The summed E-state index contributed by atoms with van der Waals surface area (Å²) in [5, 5.41) is 2.95. The summed E-state index contributed by atoms with van der Waals surface area (Å²) in [5.74, 6) is 0.748. The molecule has 0 saturated heterocycles. The number of aryl methyl sites for hydroxylation is 1. The number of anilines is 2. The van der Waals surface area contributed by atoms with Gasteiger partial charge < -0.3 is 10.2 Å². The van der Waals surface area contributed by atoms with E-state index in [1.54, 1.807) is 18.1 Å². The van der Waals surface area contributed by atoms with E-state index in [9.17, 15) is 4.79 Å². The average molecular weight is 255 g/mol. The van der Waals surface area contributed by atoms with Crippen molar-refractivity contribution in [3.05, 3.63) is 53.7 Å². The molecule has 19 heavy (non-hydrogen) atoms. The molecule has 1 amide bonds. The van der Waals surface area contributed by atoms with E-state index in [2.05, 4.69) is 10.3 Å². The summed E-state index contributed by atoms with van der Waals surface area (Å²) >= 11 is 0. The highest BCUT2D eigenvalue weighted by molar-refractivity contribution is 6.06. The average Bonchev–Trinajstić information content (AvgIpc) is 2.46. The second-order valence-corrected chi connectivity index (χ2v) is 4.33. The van der Waals surface area contributed by atoms with Crippen LogP contribution in [0, 0.1) is 6.92 Å². The van der Waals surface area contributed by atoms with Gasteiger partial charge in [0.25, 0.3) is 5.91 Å². The molecule has 4 nitrogen and oxygen atoms in total. The predicted molar refractivity (Wildman–Crippen MR) is 77.7 cm³/mol. The van der Waals surface area contributed by atoms with Crippen LogP contribution in [0.15, 0.2) is 42.6 Å². The van der Waals surface area contributed by atoms with Gasteiger partial charge in [-0.3, -0.25) is 4.79 Å². The lowest BCUT2D eigenvalue weighted by Gasteiger charge is -2.18. The topological polar surface area (TPSA) is 45.2 Å². The number of nitrogens with zero attached hydrogens (tertiary/aromatic N) is 2. The zero-order valence-electron chi connectivity index (χ0n) is 11.3. The molecule has 0 aliphatic rings. The van der Waals surface area contributed by atoms with Crippen molar-refractivity contribution in [1.29, 1.82) is 0 Å². The van der Waals surface area contributed by atoms with E-state index < -0.39 is 0 Å². The lowest BCUT2D eigenvalue weighted by atomic mass is 10.1. The normalized spacial score (nSPS) is 10.1. The first-order valence-electron chi connectivity index (χ1n) is 6.11. The van der Waals surface area contributed by atoms with E-state index in [0.29, 0.717) is 5.56 Å². The number of benzene rings is 1. The Hall–Kier alpha value is -2.36. The largest absolute Gasteiger partial charge is 0.373 e. The minimum Gasteiger partial charge on any atom is -0.373 e. The van der Waals surface area contributed by atoms with E-state index in [4.69, 9.17) is 0 Å². The quantitative estimate of drug-likeness (QED) is 0.917. The number of aromatic nitrogens is 1. The fraction of sp³-hybridized carbons (Fsp3) is 0.200. The molecule has 0 fully saturated rings. The Kier molecular flexibility index (Phi) is 3.80. The molecule has 1 N–H and O–H groups in total. The number of hydrogen-bond donors (Lipinski definition) is 1. The van der Waals surface area contributed by atoms with Crippen LogP contribution >= 0.6 is 0 Å². The van der Waals surface area contributed by atoms with Crippen molar-refractivity contribution in [2.45, 2.75) is 6.92 Å². The van der Waals surface area contributed by atoms with E-state index in [1.165, 1.54) is 0 Å². The zero-order valence-corrected chi connectivity index (χ0v) is 11.3. The standard InChI is InChI=1S/C15H17N3O/c1-11-6-4-5-7-13(11)15(19)18(3)12-8-9-14(16-2)17-10-12/h4-10H,1-3H3,(H,16,17). The van der Waals surface area contributed by atoms with Crippen molar-refractivity contribution < 1.29 is 4.79 Å². The Morgan fingerprint density at radius 2 is 1.95 bits per heavy atom. The van der Waals surface area contributed by atoms with Crippen molar-refractivity contribution in [2.24, 2.45) is 0 Å². The van der Waals surface area contributed by atoms with E-state index in [0.717, 1.165) is 17.1 Å². The highest BCUT2D eigenvalue weighted by atomic mass is 16.2. The van der Waals surface area contributed by atoms with Gasteiger partial charge in [-0.15, -0.1) is 0 Å². The summed E-state index contributed by atoms with van der Waals surface area (Å²) in [6, 6.07) is 11.3. The van der Waals surface area contributed by atoms with Gasteiger partial charge in [-0.25, -0.2) is 4.98 Å². The predicted octanol–water partition coefficient (Wildman–Crippen LogP) is 2.71. The van der Waals surface area contributed by atoms with Crippen molar-refractivity contribution in [3.8, 4) is 0 Å². The molecule has 0 saturated carbocycles. The molecule has 0 aliphatic heterocycles. The van der Waals surface area contributed by atoms with Crippen LogP contribution in [0.5, 0.6) is 0 Å². The van der Waals surface area contributed by atoms with Gasteiger partial charge in [0.05, 0.1) is 11.9 Å². The lowest BCUT2D eigenvalue weighted by Crippen LogP contribution is -2.27. The fourth-order valence-electron chi connectivity index (χ4n) is 1.84. The third-order valence-corrected chi connectivity index (χ3v) is 3.07. The first kappa shape index (κ1) is 13.1. The smallest absolute Gasteiger partial charge is 0.258 e. The molecule has 0 spiro atoms. The maximum Gasteiger partial charge on any atom is 0.258 e. The van der Waals surface area contributed by atoms with Gasteiger partial charge in [-0.1, -0.05) is 18.2 Å². The molecule has 4 heteroatoms. The van der Waals surface area contributed by atoms with E-state index >= 15 is 0 Å². The molecule has 0 radical (unpaired) electrons. The van der Waals surface area contributed by atoms with Crippen molar-refractivity contribution >= 4 is 17.4 Å². The molecule has 1 heterocycles. The highest BCUT2D eigenvalue weighted by Crippen LogP contribution is 2.17. The Balaban J connectivity index is 2.26. The molecule has 1 aromatic carbocycles. The van der Waals surface area contributed by atoms with Crippen LogP contribution in [0.4, 0.5) is 11.5 Å². The number of amides is 1. The molecule has 2 aromatic rings. The van der Waals surface area contributed by atoms with Crippen LogP contribution in [-0.4, -0.2) is 25.0 Å². The van der Waals surface area contributed by atoms with Crippen molar-refractivity contribution in [2.75, 3.05) is 24.3 Å². The molecule has 0 bridgehead atoms. The Morgan fingerprint density at radius 3 is 2.53 bits per heavy atom. The summed E-state index contributed by atoms with van der Waals surface area (Å²) in [6.45, 7) is 1.93. The van der Waals surface area contributed by atoms with Crippen molar-refractivity contribution in [3.63, 3.8) is 0 Å². The van der Waals surface area contributed by atoms with Crippen LogP contribution in [-0.2, 0) is 0 Å². The number of nitrogens with one attached hydrogen (secondary N) is 1. The van der Waals surface area contributed by atoms with Crippen molar-refractivity contribution in [1.82, 2.24) is 4.98 Å². The second-order valence-electron chi connectivity index (χ2n) is 4.33. The van der Waals surface area contributed by atoms with Crippen LogP contribution in [0.25, 0.3) is 0 Å². The summed E-state index contributed by atoms with van der Waals surface area (Å²) in [5.41, 5.74) is 2.45. The van der Waals surface area contributed by atoms with E-state index in [1.807, 2.05) is 50.4 Å². The van der Waals surface area contributed by atoms with Gasteiger partial charge in [0.15, 0.2) is 0 Å². The van der Waals surface area contributed by atoms with Crippen LogP contribution < -0.4 is 10.2 Å². The van der Waals surface area contributed by atoms with Gasteiger partial charge in [0.2, 0.25) is 0 Å². The van der Waals surface area contributed by atoms with Gasteiger partial charge in [0, 0.05) is 19.7 Å². The second kappa shape index (κ2) is 5.52. The molecule has 98 valence electrons. The highest BCUT2D eigenvalue weighted by Gasteiger charge is 2.15. The maximum atomic E-state index is 12.4.